The van der Waals surface area contributed by atoms with Gasteiger partial charge in [-0.25, -0.2) is 0 Å². The number of hydrogen-bond donors (Lipinski definition) is 2. The van der Waals surface area contributed by atoms with Gasteiger partial charge in [-0.2, -0.15) is 0 Å². The van der Waals surface area contributed by atoms with Crippen LogP contribution in [0.3, 0.4) is 0 Å². The van der Waals surface area contributed by atoms with Crippen LogP contribution in [0.1, 0.15) is 23.2 Å². The minimum Gasteiger partial charge on any atom is -0.381 e. The molecule has 0 saturated carbocycles. The molecular weight excluding hydrogens is 266 g/mol. The Labute approximate surface area is 124 Å². The molecular formula is C16H21N3O2. The molecule has 0 aliphatic carbocycles. The second-order valence-electron chi connectivity index (χ2n) is 5.55. The molecule has 21 heavy (non-hydrogen) atoms. The van der Waals surface area contributed by atoms with Gasteiger partial charge < -0.3 is 20.4 Å². The van der Waals surface area contributed by atoms with E-state index < -0.39 is 0 Å². The number of rotatable bonds is 3. The largest absolute Gasteiger partial charge is 0.381 e. The van der Waals surface area contributed by atoms with Gasteiger partial charge in [0.1, 0.15) is 0 Å². The lowest BCUT2D eigenvalue weighted by molar-refractivity contribution is 0.0139. The highest BCUT2D eigenvalue weighted by Crippen LogP contribution is 2.22. The summed E-state index contributed by atoms with van der Waals surface area (Å²) in [4.78, 5) is 17.8. The maximum absolute atomic E-state index is 12.7. The van der Waals surface area contributed by atoms with E-state index in [1.54, 1.807) is 7.11 Å². The highest BCUT2D eigenvalue weighted by Gasteiger charge is 2.31. The normalized spacial score (nSPS) is 22.7. The molecule has 1 amide bonds. The zero-order chi connectivity index (χ0) is 14.8. The van der Waals surface area contributed by atoms with Crippen LogP contribution in [-0.2, 0) is 4.74 Å². The maximum atomic E-state index is 12.7. The van der Waals surface area contributed by atoms with E-state index in [2.05, 4.69) is 4.98 Å². The van der Waals surface area contributed by atoms with Crippen molar-refractivity contribution < 1.29 is 9.53 Å². The molecule has 1 saturated heterocycles. The van der Waals surface area contributed by atoms with Gasteiger partial charge in [0.25, 0.3) is 5.91 Å². The number of amides is 1. The molecule has 1 aliphatic rings. The van der Waals surface area contributed by atoms with E-state index in [0.29, 0.717) is 18.7 Å². The molecule has 5 heteroatoms. The first-order chi connectivity index (χ1) is 10.2. The zero-order valence-corrected chi connectivity index (χ0v) is 12.2. The number of aromatic nitrogens is 1. The number of nitrogens with one attached hydrogen (secondary N) is 1. The maximum Gasteiger partial charge on any atom is 0.254 e. The molecule has 0 radical (unpaired) electrons. The quantitative estimate of drug-likeness (QED) is 0.903. The zero-order valence-electron chi connectivity index (χ0n) is 12.2. The third-order valence-electron chi connectivity index (χ3n) is 4.34. The van der Waals surface area contributed by atoms with Crippen molar-refractivity contribution in [2.24, 2.45) is 5.73 Å². The Hall–Kier alpha value is -1.85. The lowest BCUT2D eigenvalue weighted by Crippen LogP contribution is -2.51. The molecule has 2 unspecified atom stereocenters. The van der Waals surface area contributed by atoms with Gasteiger partial charge in [0.2, 0.25) is 0 Å². The topological polar surface area (TPSA) is 71.3 Å². The van der Waals surface area contributed by atoms with Crippen molar-refractivity contribution in [2.45, 2.75) is 25.0 Å². The van der Waals surface area contributed by atoms with Crippen molar-refractivity contribution in [2.75, 3.05) is 20.2 Å². The average molecular weight is 287 g/mol. The Balaban J connectivity index is 1.83. The Kier molecular flexibility index (Phi) is 3.94. The van der Waals surface area contributed by atoms with Crippen molar-refractivity contribution in [3.05, 3.63) is 36.0 Å². The summed E-state index contributed by atoms with van der Waals surface area (Å²) in [6.07, 6.45) is 3.76. The van der Waals surface area contributed by atoms with Gasteiger partial charge in [-0.1, -0.05) is 6.07 Å². The Bertz CT molecular complexity index is 637. The fourth-order valence-electron chi connectivity index (χ4n) is 3.07. The molecule has 1 aromatic heterocycles. The smallest absolute Gasteiger partial charge is 0.254 e. The first-order valence-corrected chi connectivity index (χ1v) is 7.34. The monoisotopic (exact) mass is 287 g/mol. The van der Waals surface area contributed by atoms with E-state index in [9.17, 15) is 4.79 Å². The van der Waals surface area contributed by atoms with E-state index in [1.165, 1.54) is 0 Å². The van der Waals surface area contributed by atoms with Gasteiger partial charge >= 0.3 is 0 Å². The number of piperidine rings is 1. The molecule has 5 nitrogen and oxygen atoms in total. The standard InChI is InChI=1S/C16H21N3O2/c1-21-14-5-7-19(13(9-14)10-17)16(20)12-3-2-11-4-6-18-15(11)8-12/h2-4,6,8,13-14,18H,5,7,9-10,17H2,1H3. The molecule has 112 valence electrons. The van der Waals surface area contributed by atoms with Crippen LogP contribution < -0.4 is 5.73 Å². The summed E-state index contributed by atoms with van der Waals surface area (Å²) in [5, 5.41) is 1.11. The lowest BCUT2D eigenvalue weighted by atomic mass is 9.98. The minimum absolute atomic E-state index is 0.0514. The lowest BCUT2D eigenvalue weighted by Gasteiger charge is -2.38. The fourth-order valence-corrected chi connectivity index (χ4v) is 3.07. The van der Waals surface area contributed by atoms with Gasteiger partial charge in [0, 0.05) is 43.5 Å². The Morgan fingerprint density at radius 3 is 3.10 bits per heavy atom. The molecule has 0 bridgehead atoms. The number of methoxy groups -OCH3 is 1. The molecule has 1 fully saturated rings. The van der Waals surface area contributed by atoms with E-state index in [4.69, 9.17) is 10.5 Å². The van der Waals surface area contributed by atoms with E-state index >= 15 is 0 Å². The summed E-state index contributed by atoms with van der Waals surface area (Å²) >= 11 is 0. The van der Waals surface area contributed by atoms with Gasteiger partial charge in [-0.3, -0.25) is 4.79 Å². The predicted molar refractivity (Wildman–Crippen MR) is 82.2 cm³/mol. The molecule has 1 aromatic carbocycles. The van der Waals surface area contributed by atoms with E-state index in [1.807, 2.05) is 35.4 Å². The number of likely N-dealkylation sites (tertiary alicyclic amines) is 1. The van der Waals surface area contributed by atoms with Crippen LogP contribution in [0.15, 0.2) is 30.5 Å². The molecule has 2 aromatic rings. The summed E-state index contributed by atoms with van der Waals surface area (Å²) in [6.45, 7) is 1.16. The first kappa shape index (κ1) is 14.1. The highest BCUT2D eigenvalue weighted by molar-refractivity contribution is 5.98. The van der Waals surface area contributed by atoms with Crippen molar-refractivity contribution in [3.63, 3.8) is 0 Å². The number of nitrogens with zero attached hydrogens (tertiary/aromatic N) is 1. The van der Waals surface area contributed by atoms with Crippen LogP contribution in [-0.4, -0.2) is 48.1 Å². The third-order valence-corrected chi connectivity index (χ3v) is 4.34. The number of carbonyl (C=O) groups is 1. The van der Waals surface area contributed by atoms with Crippen LogP contribution in [0.25, 0.3) is 10.9 Å². The predicted octanol–water partition coefficient (Wildman–Crippen LogP) is 1.75. The highest BCUT2D eigenvalue weighted by atomic mass is 16.5. The van der Waals surface area contributed by atoms with Crippen LogP contribution in [0.2, 0.25) is 0 Å². The average Bonchev–Trinajstić information content (AvgIpc) is 3.01. The van der Waals surface area contributed by atoms with Crippen molar-refractivity contribution in [1.82, 2.24) is 9.88 Å². The molecule has 2 atom stereocenters. The fraction of sp³-hybridized carbons (Fsp3) is 0.438. The second kappa shape index (κ2) is 5.87. The summed E-state index contributed by atoms with van der Waals surface area (Å²) in [5.41, 5.74) is 7.54. The molecule has 3 N–H and O–H groups in total. The van der Waals surface area contributed by atoms with Crippen molar-refractivity contribution in [1.29, 1.82) is 0 Å². The summed E-state index contributed by atoms with van der Waals surface area (Å²) in [5.74, 6) is 0.0523. The molecule has 0 spiro atoms. The number of fused-ring (bicyclic) bond motifs is 1. The molecule has 3 rings (SSSR count). The van der Waals surface area contributed by atoms with Gasteiger partial charge in [0.05, 0.1) is 6.10 Å². The Morgan fingerprint density at radius 2 is 2.33 bits per heavy atom. The van der Waals surface area contributed by atoms with Gasteiger partial charge in [-0.15, -0.1) is 0 Å². The molecule has 1 aliphatic heterocycles. The van der Waals surface area contributed by atoms with E-state index in [0.717, 1.165) is 23.7 Å². The number of benzene rings is 1. The van der Waals surface area contributed by atoms with Gasteiger partial charge in [-0.05, 0) is 36.4 Å². The second-order valence-corrected chi connectivity index (χ2v) is 5.55. The number of aromatic amines is 1. The molecule has 2 heterocycles. The Morgan fingerprint density at radius 1 is 1.48 bits per heavy atom. The van der Waals surface area contributed by atoms with Crippen LogP contribution in [0.5, 0.6) is 0 Å². The number of nitrogens with two attached hydrogens (primary N) is 1. The first-order valence-electron chi connectivity index (χ1n) is 7.34. The van der Waals surface area contributed by atoms with Crippen LogP contribution in [0.4, 0.5) is 0 Å². The number of carbonyl (C=O) groups excluding carboxylic acids is 1. The summed E-state index contributed by atoms with van der Waals surface area (Å²) in [6, 6.07) is 7.81. The van der Waals surface area contributed by atoms with E-state index in [-0.39, 0.29) is 18.1 Å². The summed E-state index contributed by atoms with van der Waals surface area (Å²) in [7, 11) is 1.72. The third kappa shape index (κ3) is 2.66. The minimum atomic E-state index is 0.0514. The SMILES string of the molecule is COC1CCN(C(=O)c2ccc3cc[nH]c3c2)C(CN)C1. The van der Waals surface area contributed by atoms with Crippen molar-refractivity contribution in [3.8, 4) is 0 Å². The van der Waals surface area contributed by atoms with Crippen molar-refractivity contribution >= 4 is 16.8 Å². The number of hydrogen-bond acceptors (Lipinski definition) is 3. The van der Waals surface area contributed by atoms with Gasteiger partial charge in [0.15, 0.2) is 0 Å². The van der Waals surface area contributed by atoms with Crippen LogP contribution in [0, 0.1) is 0 Å². The van der Waals surface area contributed by atoms with Crippen LogP contribution >= 0.6 is 0 Å². The number of ether oxygens (including phenoxy) is 1. The summed E-state index contributed by atoms with van der Waals surface area (Å²) < 4.78 is 5.41. The number of H-pyrrole nitrogens is 1.